The third-order valence-corrected chi connectivity index (χ3v) is 5.34. The summed E-state index contributed by atoms with van der Waals surface area (Å²) in [4.78, 5) is 3.40. The van der Waals surface area contributed by atoms with Gasteiger partial charge in [-0.3, -0.25) is 0 Å². The second kappa shape index (κ2) is 4.77. The highest BCUT2D eigenvalue weighted by molar-refractivity contribution is 9.09. The van der Waals surface area contributed by atoms with E-state index in [2.05, 4.69) is 35.0 Å². The maximum atomic E-state index is 5.37. The molecule has 1 aliphatic rings. The van der Waals surface area contributed by atoms with Crippen molar-refractivity contribution in [2.75, 3.05) is 13.2 Å². The summed E-state index contributed by atoms with van der Waals surface area (Å²) in [5, 5.41) is 0. The van der Waals surface area contributed by atoms with Crippen LogP contribution in [0.15, 0.2) is 12.1 Å². The predicted molar refractivity (Wildman–Crippen MR) is 64.3 cm³/mol. The molecule has 0 bridgehead atoms. The van der Waals surface area contributed by atoms with E-state index in [1.165, 1.54) is 22.6 Å². The van der Waals surface area contributed by atoms with Crippen LogP contribution in [0.4, 0.5) is 0 Å². The highest BCUT2D eigenvalue weighted by Gasteiger charge is 2.23. The van der Waals surface area contributed by atoms with E-state index in [0.29, 0.717) is 4.83 Å². The van der Waals surface area contributed by atoms with Crippen molar-refractivity contribution in [1.82, 2.24) is 0 Å². The van der Waals surface area contributed by atoms with E-state index < -0.39 is 0 Å². The zero-order chi connectivity index (χ0) is 9.97. The van der Waals surface area contributed by atoms with Crippen molar-refractivity contribution in [3.63, 3.8) is 0 Å². The maximum absolute atomic E-state index is 5.37. The van der Waals surface area contributed by atoms with Crippen LogP contribution < -0.4 is 0 Å². The largest absolute Gasteiger partial charge is 0.381 e. The molecular weight excluding hydrogens is 260 g/mol. The number of halogens is 1. The fourth-order valence-electron chi connectivity index (χ4n) is 1.84. The molecule has 0 radical (unpaired) electrons. The van der Waals surface area contributed by atoms with E-state index in [9.17, 15) is 0 Å². The Morgan fingerprint density at radius 1 is 1.43 bits per heavy atom. The van der Waals surface area contributed by atoms with Gasteiger partial charge in [-0.25, -0.2) is 0 Å². The molecule has 0 aromatic carbocycles. The standard InChI is InChI=1S/C11H15BrOS/c1-8-2-3-10(14-8)11(12)9-4-6-13-7-5-9/h2-3,9,11H,4-7H2,1H3. The summed E-state index contributed by atoms with van der Waals surface area (Å²) in [5.74, 6) is 0.752. The van der Waals surface area contributed by atoms with E-state index in [1.54, 1.807) is 0 Å². The molecule has 0 amide bonds. The van der Waals surface area contributed by atoms with Crippen LogP contribution >= 0.6 is 27.3 Å². The van der Waals surface area contributed by atoms with Crippen molar-refractivity contribution in [1.29, 1.82) is 0 Å². The average Bonchev–Trinajstić information content (AvgIpc) is 2.65. The van der Waals surface area contributed by atoms with E-state index >= 15 is 0 Å². The number of aryl methyl sites for hydroxylation is 1. The maximum Gasteiger partial charge on any atom is 0.0519 e. The van der Waals surface area contributed by atoms with Gasteiger partial charge in [0, 0.05) is 23.0 Å². The molecule has 1 aromatic heterocycles. The molecule has 1 fully saturated rings. The lowest BCUT2D eigenvalue weighted by atomic mass is 9.96. The molecule has 1 aliphatic heterocycles. The van der Waals surface area contributed by atoms with E-state index in [4.69, 9.17) is 4.74 Å². The van der Waals surface area contributed by atoms with Gasteiger partial charge in [0.15, 0.2) is 0 Å². The number of hydrogen-bond donors (Lipinski definition) is 0. The third kappa shape index (κ3) is 2.38. The first kappa shape index (κ1) is 10.7. The van der Waals surface area contributed by atoms with Gasteiger partial charge in [0.05, 0.1) is 4.83 Å². The quantitative estimate of drug-likeness (QED) is 0.743. The van der Waals surface area contributed by atoms with Crippen molar-refractivity contribution in [3.05, 3.63) is 21.9 Å². The van der Waals surface area contributed by atoms with Crippen molar-refractivity contribution in [2.24, 2.45) is 5.92 Å². The van der Waals surface area contributed by atoms with Crippen LogP contribution in [0, 0.1) is 12.8 Å². The highest BCUT2D eigenvalue weighted by Crippen LogP contribution is 2.39. The summed E-state index contributed by atoms with van der Waals surface area (Å²) < 4.78 is 5.37. The molecule has 1 unspecified atom stereocenters. The van der Waals surface area contributed by atoms with Gasteiger partial charge in [-0.1, -0.05) is 15.9 Å². The minimum absolute atomic E-state index is 0.532. The normalized spacial score (nSPS) is 21.0. The second-order valence-electron chi connectivity index (χ2n) is 3.80. The van der Waals surface area contributed by atoms with E-state index in [0.717, 1.165) is 19.1 Å². The lowest BCUT2D eigenvalue weighted by Crippen LogP contribution is -2.18. The Morgan fingerprint density at radius 2 is 2.14 bits per heavy atom. The van der Waals surface area contributed by atoms with Crippen molar-refractivity contribution >= 4 is 27.3 Å². The minimum atomic E-state index is 0.532. The zero-order valence-electron chi connectivity index (χ0n) is 8.33. The van der Waals surface area contributed by atoms with Gasteiger partial charge in [0.25, 0.3) is 0 Å². The molecule has 1 aromatic rings. The Balaban J connectivity index is 2.03. The van der Waals surface area contributed by atoms with Gasteiger partial charge in [-0.05, 0) is 37.8 Å². The minimum Gasteiger partial charge on any atom is -0.381 e. The zero-order valence-corrected chi connectivity index (χ0v) is 10.7. The number of alkyl halides is 1. The first-order valence-electron chi connectivity index (χ1n) is 5.05. The Morgan fingerprint density at radius 3 is 2.71 bits per heavy atom. The molecule has 0 aliphatic carbocycles. The SMILES string of the molecule is Cc1ccc(C(Br)C2CCOCC2)s1. The first-order chi connectivity index (χ1) is 6.77. The molecule has 0 spiro atoms. The molecule has 1 saturated heterocycles. The Bertz CT molecular complexity index is 291. The number of thiophene rings is 1. The molecule has 3 heteroatoms. The molecule has 1 nitrogen and oxygen atoms in total. The van der Waals surface area contributed by atoms with Gasteiger partial charge >= 0.3 is 0 Å². The Kier molecular flexibility index (Phi) is 3.63. The van der Waals surface area contributed by atoms with Gasteiger partial charge in [0.1, 0.15) is 0 Å². The van der Waals surface area contributed by atoms with Crippen LogP contribution in [0.3, 0.4) is 0 Å². The monoisotopic (exact) mass is 274 g/mol. The third-order valence-electron chi connectivity index (χ3n) is 2.71. The van der Waals surface area contributed by atoms with Crippen LogP contribution in [-0.4, -0.2) is 13.2 Å². The van der Waals surface area contributed by atoms with Crippen LogP contribution in [-0.2, 0) is 4.74 Å². The predicted octanol–water partition coefficient (Wildman–Crippen LogP) is 3.92. The van der Waals surface area contributed by atoms with E-state index in [1.807, 2.05) is 11.3 Å². The molecule has 78 valence electrons. The van der Waals surface area contributed by atoms with Gasteiger partial charge in [-0.2, -0.15) is 0 Å². The number of hydrogen-bond acceptors (Lipinski definition) is 2. The number of ether oxygens (including phenoxy) is 1. The lowest BCUT2D eigenvalue weighted by Gasteiger charge is -2.25. The van der Waals surface area contributed by atoms with Gasteiger partial charge < -0.3 is 4.74 Å². The van der Waals surface area contributed by atoms with Crippen LogP contribution in [0.2, 0.25) is 0 Å². The molecule has 0 saturated carbocycles. The smallest absolute Gasteiger partial charge is 0.0519 e. The van der Waals surface area contributed by atoms with Crippen molar-refractivity contribution in [3.8, 4) is 0 Å². The molecule has 0 N–H and O–H groups in total. The molecule has 1 atom stereocenters. The highest BCUT2D eigenvalue weighted by atomic mass is 79.9. The summed E-state index contributed by atoms with van der Waals surface area (Å²) >= 11 is 5.72. The van der Waals surface area contributed by atoms with Crippen LogP contribution in [0.25, 0.3) is 0 Å². The summed E-state index contributed by atoms with van der Waals surface area (Å²) in [6.45, 7) is 4.02. The number of rotatable bonds is 2. The fraction of sp³-hybridized carbons (Fsp3) is 0.636. The first-order valence-corrected chi connectivity index (χ1v) is 6.79. The van der Waals surface area contributed by atoms with Crippen molar-refractivity contribution < 1.29 is 4.74 Å². The summed E-state index contributed by atoms with van der Waals surface area (Å²) in [7, 11) is 0. The van der Waals surface area contributed by atoms with Crippen molar-refractivity contribution in [2.45, 2.75) is 24.6 Å². The molecule has 2 rings (SSSR count). The van der Waals surface area contributed by atoms with Crippen LogP contribution in [0.1, 0.15) is 27.4 Å². The Labute approximate surface area is 97.6 Å². The topological polar surface area (TPSA) is 9.23 Å². The van der Waals surface area contributed by atoms with Gasteiger partial charge in [0.2, 0.25) is 0 Å². The molecule has 14 heavy (non-hydrogen) atoms. The van der Waals surface area contributed by atoms with Crippen LogP contribution in [0.5, 0.6) is 0 Å². The second-order valence-corrected chi connectivity index (χ2v) is 6.11. The average molecular weight is 275 g/mol. The summed E-state index contributed by atoms with van der Waals surface area (Å²) in [5.41, 5.74) is 0. The molecular formula is C11H15BrOS. The molecule has 2 heterocycles. The van der Waals surface area contributed by atoms with E-state index in [-0.39, 0.29) is 0 Å². The summed E-state index contributed by atoms with van der Waals surface area (Å²) in [6.07, 6.45) is 2.37. The van der Waals surface area contributed by atoms with Gasteiger partial charge in [-0.15, -0.1) is 11.3 Å². The lowest BCUT2D eigenvalue weighted by molar-refractivity contribution is 0.0664. The fourth-order valence-corrected chi connectivity index (χ4v) is 3.75. The Hall–Kier alpha value is 0.140. The summed E-state index contributed by atoms with van der Waals surface area (Å²) in [6, 6.07) is 4.45.